The first-order valence-electron chi connectivity index (χ1n) is 8.09. The third-order valence-corrected chi connectivity index (χ3v) is 4.46. The molecular formula is C18H17N3O4. The molecule has 7 heteroatoms. The Bertz CT molecular complexity index is 1000. The first kappa shape index (κ1) is 15.4. The maximum absolute atomic E-state index is 12.5. The molecule has 1 unspecified atom stereocenters. The maximum Gasteiger partial charge on any atom is 0.287 e. The number of nitrogens with one attached hydrogen (secondary N) is 2. The zero-order chi connectivity index (χ0) is 17.4. The van der Waals surface area contributed by atoms with Crippen molar-refractivity contribution in [2.75, 3.05) is 7.11 Å². The fraction of sp³-hybridized carbons (Fsp3) is 0.278. The molecule has 1 aliphatic rings. The number of aromatic amines is 1. The molecule has 1 aromatic carbocycles. The standard InChI is InChI=1S/C18H17N3O4/c1-24-14-4-2-3-10-8-15(25-17(10)14)18(23)19-12-5-6-13-11(7-12)9-16(22)21-20-13/h2-4,8-9,12H,5-7H2,1H3,(H,19,23)(H,21,22). The fourth-order valence-corrected chi connectivity index (χ4v) is 3.23. The predicted octanol–water partition coefficient (Wildman–Crippen LogP) is 1.81. The number of ether oxygens (including phenoxy) is 1. The van der Waals surface area contributed by atoms with Crippen LogP contribution in [0.25, 0.3) is 11.0 Å². The minimum Gasteiger partial charge on any atom is -0.493 e. The van der Waals surface area contributed by atoms with Crippen LogP contribution in [0.1, 0.15) is 28.2 Å². The molecule has 2 heterocycles. The number of carbonyl (C=O) groups is 1. The average molecular weight is 339 g/mol. The van der Waals surface area contributed by atoms with Crippen molar-refractivity contribution in [1.82, 2.24) is 15.5 Å². The Morgan fingerprint density at radius 1 is 1.40 bits per heavy atom. The lowest BCUT2D eigenvalue weighted by Gasteiger charge is -2.23. The quantitative estimate of drug-likeness (QED) is 0.758. The van der Waals surface area contributed by atoms with E-state index in [2.05, 4.69) is 15.5 Å². The molecule has 128 valence electrons. The summed E-state index contributed by atoms with van der Waals surface area (Å²) < 4.78 is 10.9. The molecule has 2 N–H and O–H groups in total. The number of para-hydroxylation sites is 1. The summed E-state index contributed by atoms with van der Waals surface area (Å²) in [5.41, 5.74) is 2.10. The van der Waals surface area contributed by atoms with E-state index in [4.69, 9.17) is 9.15 Å². The second-order valence-corrected chi connectivity index (χ2v) is 6.11. The number of fused-ring (bicyclic) bond motifs is 2. The Morgan fingerprint density at radius 2 is 2.28 bits per heavy atom. The van der Waals surface area contributed by atoms with E-state index >= 15 is 0 Å². The zero-order valence-corrected chi connectivity index (χ0v) is 13.7. The summed E-state index contributed by atoms with van der Waals surface area (Å²) in [6, 6.07) is 8.70. The summed E-state index contributed by atoms with van der Waals surface area (Å²) in [5.74, 6) is 0.562. The molecule has 0 saturated heterocycles. The summed E-state index contributed by atoms with van der Waals surface area (Å²) in [4.78, 5) is 24.0. The predicted molar refractivity (Wildman–Crippen MR) is 90.9 cm³/mol. The van der Waals surface area contributed by atoms with Crippen LogP contribution in [0.5, 0.6) is 5.75 Å². The number of hydrogen-bond acceptors (Lipinski definition) is 5. The second-order valence-electron chi connectivity index (χ2n) is 6.11. The summed E-state index contributed by atoms with van der Waals surface area (Å²) in [7, 11) is 1.56. The number of hydrogen-bond donors (Lipinski definition) is 2. The van der Waals surface area contributed by atoms with Gasteiger partial charge in [-0.05, 0) is 37.0 Å². The lowest BCUT2D eigenvalue weighted by atomic mass is 9.92. The number of benzene rings is 1. The number of carbonyl (C=O) groups excluding carboxylic acids is 1. The molecule has 0 radical (unpaired) electrons. The van der Waals surface area contributed by atoms with Gasteiger partial charge in [0.05, 0.1) is 12.8 Å². The van der Waals surface area contributed by atoms with E-state index < -0.39 is 0 Å². The van der Waals surface area contributed by atoms with Gasteiger partial charge in [0.15, 0.2) is 17.1 Å². The number of furan rings is 1. The van der Waals surface area contributed by atoms with Gasteiger partial charge >= 0.3 is 0 Å². The molecule has 7 nitrogen and oxygen atoms in total. The molecule has 0 spiro atoms. The number of methoxy groups -OCH3 is 1. The Kier molecular flexibility index (Phi) is 3.76. The summed E-state index contributed by atoms with van der Waals surface area (Å²) in [5, 5.41) is 10.3. The van der Waals surface area contributed by atoms with Gasteiger partial charge in [0.2, 0.25) is 0 Å². The van der Waals surface area contributed by atoms with Crippen LogP contribution < -0.4 is 15.6 Å². The van der Waals surface area contributed by atoms with E-state index in [1.54, 1.807) is 25.3 Å². The van der Waals surface area contributed by atoms with Crippen molar-refractivity contribution in [3.63, 3.8) is 0 Å². The summed E-state index contributed by atoms with van der Waals surface area (Å²) in [6.07, 6.45) is 2.06. The van der Waals surface area contributed by atoms with Crippen molar-refractivity contribution >= 4 is 16.9 Å². The van der Waals surface area contributed by atoms with E-state index in [-0.39, 0.29) is 23.3 Å². The molecule has 4 rings (SSSR count). The topological polar surface area (TPSA) is 97.2 Å². The highest BCUT2D eigenvalue weighted by atomic mass is 16.5. The van der Waals surface area contributed by atoms with Gasteiger partial charge in [0.25, 0.3) is 11.5 Å². The highest BCUT2D eigenvalue weighted by molar-refractivity contribution is 5.97. The van der Waals surface area contributed by atoms with E-state index in [1.165, 1.54) is 0 Å². The van der Waals surface area contributed by atoms with Crippen LogP contribution in [-0.4, -0.2) is 29.3 Å². The van der Waals surface area contributed by atoms with E-state index in [0.29, 0.717) is 24.2 Å². The Hall–Kier alpha value is -3.09. The molecule has 0 aliphatic heterocycles. The third kappa shape index (κ3) is 2.88. The van der Waals surface area contributed by atoms with Gasteiger partial charge in [-0.25, -0.2) is 5.10 Å². The Balaban J connectivity index is 1.54. The molecule has 0 fully saturated rings. The maximum atomic E-state index is 12.5. The van der Waals surface area contributed by atoms with Crippen LogP contribution in [0.4, 0.5) is 0 Å². The van der Waals surface area contributed by atoms with Gasteiger partial charge in [0.1, 0.15) is 0 Å². The van der Waals surface area contributed by atoms with Crippen molar-refractivity contribution in [3.05, 3.63) is 57.7 Å². The van der Waals surface area contributed by atoms with Crippen LogP contribution in [0.2, 0.25) is 0 Å². The first-order chi connectivity index (χ1) is 12.1. The average Bonchev–Trinajstić information content (AvgIpc) is 3.05. The first-order valence-corrected chi connectivity index (χ1v) is 8.09. The highest BCUT2D eigenvalue weighted by Gasteiger charge is 2.23. The van der Waals surface area contributed by atoms with E-state index in [9.17, 15) is 9.59 Å². The van der Waals surface area contributed by atoms with Gasteiger partial charge in [-0.3, -0.25) is 9.59 Å². The number of aryl methyl sites for hydroxylation is 1. The minimum atomic E-state index is -0.274. The molecule has 1 aliphatic carbocycles. The van der Waals surface area contributed by atoms with Gasteiger partial charge in [-0.1, -0.05) is 12.1 Å². The summed E-state index contributed by atoms with van der Waals surface area (Å²) >= 11 is 0. The smallest absolute Gasteiger partial charge is 0.287 e. The number of amides is 1. The Morgan fingerprint density at radius 3 is 3.12 bits per heavy atom. The van der Waals surface area contributed by atoms with Gasteiger partial charge in [-0.2, -0.15) is 5.10 Å². The monoisotopic (exact) mass is 339 g/mol. The SMILES string of the molecule is COc1cccc2cc(C(=O)NC3CCc4n[nH]c(=O)cc4C3)oc12. The zero-order valence-electron chi connectivity index (χ0n) is 13.7. The molecule has 0 bridgehead atoms. The highest BCUT2D eigenvalue weighted by Crippen LogP contribution is 2.28. The molecule has 3 aromatic rings. The van der Waals surface area contributed by atoms with E-state index in [0.717, 1.165) is 23.1 Å². The number of rotatable bonds is 3. The van der Waals surface area contributed by atoms with Gasteiger partial charge < -0.3 is 14.5 Å². The van der Waals surface area contributed by atoms with Crippen LogP contribution in [0, 0.1) is 0 Å². The van der Waals surface area contributed by atoms with Crippen molar-refractivity contribution in [2.45, 2.75) is 25.3 Å². The largest absolute Gasteiger partial charge is 0.493 e. The number of H-pyrrole nitrogens is 1. The number of aromatic nitrogens is 2. The van der Waals surface area contributed by atoms with E-state index in [1.807, 2.05) is 12.1 Å². The molecule has 1 atom stereocenters. The van der Waals surface area contributed by atoms with Crippen molar-refractivity contribution in [2.24, 2.45) is 0 Å². The molecule has 25 heavy (non-hydrogen) atoms. The van der Waals surface area contributed by atoms with Crippen LogP contribution in [-0.2, 0) is 12.8 Å². The van der Waals surface area contributed by atoms with Crippen LogP contribution in [0.15, 0.2) is 39.5 Å². The van der Waals surface area contributed by atoms with Crippen LogP contribution in [0.3, 0.4) is 0 Å². The summed E-state index contributed by atoms with van der Waals surface area (Å²) in [6.45, 7) is 0. The minimum absolute atomic E-state index is 0.0568. The van der Waals surface area contributed by atoms with Crippen molar-refractivity contribution in [3.8, 4) is 5.75 Å². The van der Waals surface area contributed by atoms with Crippen LogP contribution >= 0.6 is 0 Å². The Labute approximate surface area is 143 Å². The van der Waals surface area contributed by atoms with Gasteiger partial charge in [-0.15, -0.1) is 0 Å². The molecule has 1 amide bonds. The third-order valence-electron chi connectivity index (χ3n) is 4.46. The second kappa shape index (κ2) is 6.08. The molecule has 2 aromatic heterocycles. The van der Waals surface area contributed by atoms with Crippen molar-refractivity contribution in [1.29, 1.82) is 0 Å². The molecule has 0 saturated carbocycles. The van der Waals surface area contributed by atoms with Gasteiger partial charge in [0, 0.05) is 17.5 Å². The lowest BCUT2D eigenvalue weighted by molar-refractivity contribution is 0.0907. The lowest BCUT2D eigenvalue weighted by Crippen LogP contribution is -2.39. The van der Waals surface area contributed by atoms with Crippen molar-refractivity contribution < 1.29 is 13.9 Å². The normalized spacial score (nSPS) is 16.4. The fourth-order valence-electron chi connectivity index (χ4n) is 3.23. The number of nitrogens with zero attached hydrogens (tertiary/aromatic N) is 1. The molecular weight excluding hydrogens is 322 g/mol.